The molecule has 2 aliphatic heterocycles. The molecular weight excluding hydrogens is 353 g/mol. The Balaban J connectivity index is 1.45. The molecule has 0 radical (unpaired) electrons. The zero-order chi connectivity index (χ0) is 19.5. The van der Waals surface area contributed by atoms with E-state index in [-0.39, 0.29) is 11.7 Å². The summed E-state index contributed by atoms with van der Waals surface area (Å²) in [6.45, 7) is 4.05. The molecule has 28 heavy (non-hydrogen) atoms. The number of nitrogens with one attached hydrogen (secondary N) is 2. The minimum Gasteiger partial charge on any atom is -0.369 e. The number of piperidine rings is 1. The van der Waals surface area contributed by atoms with Gasteiger partial charge in [0.1, 0.15) is 5.82 Å². The van der Waals surface area contributed by atoms with E-state index in [1.54, 1.807) is 6.20 Å². The van der Waals surface area contributed by atoms with Crippen LogP contribution in [0, 0.1) is 11.7 Å². The summed E-state index contributed by atoms with van der Waals surface area (Å²) < 4.78 is 14.7. The van der Waals surface area contributed by atoms with E-state index in [2.05, 4.69) is 22.5 Å². The first-order valence-corrected chi connectivity index (χ1v) is 10.1. The number of carbonyl (C=O) groups is 1. The van der Waals surface area contributed by atoms with E-state index in [9.17, 15) is 9.18 Å². The maximum Gasteiger partial charge on any atom is 0.257 e. The summed E-state index contributed by atoms with van der Waals surface area (Å²) in [4.78, 5) is 14.3. The lowest BCUT2D eigenvalue weighted by molar-refractivity contribution is -0.110. The Morgan fingerprint density at radius 1 is 1.21 bits per heavy atom. The fraction of sp³-hybridized carbons (Fsp3) is 0.348. The average molecular weight is 379 g/mol. The van der Waals surface area contributed by atoms with E-state index in [0.29, 0.717) is 16.9 Å². The number of hydrogen-bond acceptors (Lipinski definition) is 3. The molecule has 0 aliphatic carbocycles. The van der Waals surface area contributed by atoms with Gasteiger partial charge in [0, 0.05) is 36.2 Å². The zero-order valence-electron chi connectivity index (χ0n) is 16.2. The van der Waals surface area contributed by atoms with Gasteiger partial charge in [-0.05, 0) is 43.0 Å². The van der Waals surface area contributed by atoms with E-state index in [1.807, 2.05) is 36.4 Å². The number of nitrogens with zero attached hydrogens (tertiary/aromatic N) is 1. The Morgan fingerprint density at radius 2 is 2.00 bits per heavy atom. The quantitative estimate of drug-likeness (QED) is 0.698. The van der Waals surface area contributed by atoms with Crippen LogP contribution in [0.5, 0.6) is 0 Å². The molecule has 1 fully saturated rings. The molecule has 1 amide bonds. The van der Waals surface area contributed by atoms with Gasteiger partial charge >= 0.3 is 0 Å². The highest BCUT2D eigenvalue weighted by Crippen LogP contribution is 2.32. The number of halogens is 1. The molecule has 1 saturated heterocycles. The fourth-order valence-electron chi connectivity index (χ4n) is 4.16. The van der Waals surface area contributed by atoms with Crippen molar-refractivity contribution in [2.45, 2.75) is 32.6 Å². The van der Waals surface area contributed by atoms with Gasteiger partial charge in [-0.3, -0.25) is 4.79 Å². The first-order chi connectivity index (χ1) is 13.7. The van der Waals surface area contributed by atoms with Gasteiger partial charge in [-0.25, -0.2) is 4.39 Å². The second kappa shape index (κ2) is 8.05. The van der Waals surface area contributed by atoms with Gasteiger partial charge in [-0.2, -0.15) is 0 Å². The molecule has 0 bridgehead atoms. The monoisotopic (exact) mass is 379 g/mol. The zero-order valence-corrected chi connectivity index (χ0v) is 16.2. The highest BCUT2D eigenvalue weighted by Gasteiger charge is 2.23. The van der Waals surface area contributed by atoms with Crippen molar-refractivity contribution in [1.82, 2.24) is 0 Å². The molecule has 0 unspecified atom stereocenters. The maximum absolute atomic E-state index is 14.7. The van der Waals surface area contributed by atoms with Crippen LogP contribution in [0.25, 0.3) is 5.57 Å². The van der Waals surface area contributed by atoms with Gasteiger partial charge in [0.05, 0.1) is 11.3 Å². The van der Waals surface area contributed by atoms with Crippen molar-refractivity contribution in [2.24, 2.45) is 5.92 Å². The van der Waals surface area contributed by atoms with E-state index in [0.717, 1.165) is 43.1 Å². The number of para-hydroxylation sites is 1. The van der Waals surface area contributed by atoms with Gasteiger partial charge in [-0.15, -0.1) is 0 Å². The lowest BCUT2D eigenvalue weighted by Crippen LogP contribution is -2.34. The van der Waals surface area contributed by atoms with Gasteiger partial charge in [0.25, 0.3) is 5.91 Å². The third kappa shape index (κ3) is 3.75. The minimum absolute atomic E-state index is 0.152. The Bertz CT molecular complexity index is 900. The number of carbonyl (C=O) groups excluding carboxylic acids is 1. The van der Waals surface area contributed by atoms with Crippen molar-refractivity contribution in [3.63, 3.8) is 0 Å². The molecule has 0 spiro atoms. The number of anilines is 3. The van der Waals surface area contributed by atoms with Gasteiger partial charge < -0.3 is 15.5 Å². The fourth-order valence-corrected chi connectivity index (χ4v) is 4.16. The number of fused-ring (bicyclic) bond motifs is 1. The Morgan fingerprint density at radius 3 is 2.75 bits per heavy atom. The molecule has 2 N–H and O–H groups in total. The molecule has 146 valence electrons. The van der Waals surface area contributed by atoms with Crippen molar-refractivity contribution in [1.29, 1.82) is 0 Å². The van der Waals surface area contributed by atoms with Crippen LogP contribution in [-0.2, 0) is 4.79 Å². The van der Waals surface area contributed by atoms with Crippen LogP contribution in [0.1, 0.15) is 38.2 Å². The largest absolute Gasteiger partial charge is 0.369 e. The predicted octanol–water partition coefficient (Wildman–Crippen LogP) is 5.25. The molecule has 0 saturated carbocycles. The third-order valence-electron chi connectivity index (χ3n) is 5.69. The van der Waals surface area contributed by atoms with Gasteiger partial charge in [0.2, 0.25) is 0 Å². The lowest BCUT2D eigenvalue weighted by Gasteiger charge is -2.33. The molecule has 2 heterocycles. The van der Waals surface area contributed by atoms with Crippen molar-refractivity contribution >= 4 is 28.5 Å². The summed E-state index contributed by atoms with van der Waals surface area (Å²) in [5, 5.41) is 5.90. The summed E-state index contributed by atoms with van der Waals surface area (Å²) in [7, 11) is 0. The standard InChI is InChI=1S/C23H26FN3O/c1-2-5-16-10-12-27(13-11-16)22-9-8-17(14-20(22)24)25-15-19-18-6-3-4-7-21(18)26-23(19)28/h3-4,6-9,14-16,25H,2,5,10-13H2,1H3,(H,26,28)/b19-15+. The predicted molar refractivity (Wildman–Crippen MR) is 113 cm³/mol. The summed E-state index contributed by atoms with van der Waals surface area (Å²) in [5.74, 6) is 0.395. The minimum atomic E-state index is -0.228. The highest BCUT2D eigenvalue weighted by atomic mass is 19.1. The van der Waals surface area contributed by atoms with E-state index in [1.165, 1.54) is 18.9 Å². The Kier molecular flexibility index (Phi) is 5.33. The lowest BCUT2D eigenvalue weighted by atomic mass is 9.92. The summed E-state index contributed by atoms with van der Waals surface area (Å²) in [6, 6.07) is 12.7. The smallest absolute Gasteiger partial charge is 0.257 e. The van der Waals surface area contributed by atoms with Crippen LogP contribution in [-0.4, -0.2) is 19.0 Å². The number of benzene rings is 2. The molecule has 5 heteroatoms. The normalized spacial score (nSPS) is 18.3. The number of rotatable bonds is 5. The molecule has 0 atom stereocenters. The second-order valence-corrected chi connectivity index (χ2v) is 7.59. The summed E-state index contributed by atoms with van der Waals surface area (Å²) in [6.07, 6.45) is 6.40. The van der Waals surface area contributed by atoms with Gasteiger partial charge in [-0.1, -0.05) is 38.0 Å². The van der Waals surface area contributed by atoms with Crippen molar-refractivity contribution < 1.29 is 9.18 Å². The van der Waals surface area contributed by atoms with Crippen molar-refractivity contribution in [2.75, 3.05) is 28.6 Å². The molecule has 2 aliphatic rings. The van der Waals surface area contributed by atoms with Crippen molar-refractivity contribution in [3.8, 4) is 0 Å². The van der Waals surface area contributed by atoms with Crippen LogP contribution >= 0.6 is 0 Å². The Hall–Kier alpha value is -2.82. The number of amides is 1. The Labute approximate surface area is 165 Å². The first kappa shape index (κ1) is 18.5. The van der Waals surface area contributed by atoms with Crippen LogP contribution < -0.4 is 15.5 Å². The first-order valence-electron chi connectivity index (χ1n) is 10.1. The molecule has 4 rings (SSSR count). The summed E-state index contributed by atoms with van der Waals surface area (Å²) >= 11 is 0. The van der Waals surface area contributed by atoms with Crippen LogP contribution in [0.3, 0.4) is 0 Å². The maximum atomic E-state index is 14.7. The van der Waals surface area contributed by atoms with Gasteiger partial charge in [0.15, 0.2) is 0 Å². The summed E-state index contributed by atoms with van der Waals surface area (Å²) in [5.41, 5.74) is 3.50. The van der Waals surface area contributed by atoms with E-state index in [4.69, 9.17) is 0 Å². The molecule has 2 aromatic carbocycles. The van der Waals surface area contributed by atoms with Crippen LogP contribution in [0.4, 0.5) is 21.5 Å². The molecule has 0 aromatic heterocycles. The molecule has 4 nitrogen and oxygen atoms in total. The van der Waals surface area contributed by atoms with E-state index >= 15 is 0 Å². The van der Waals surface area contributed by atoms with Crippen LogP contribution in [0.15, 0.2) is 48.7 Å². The SMILES string of the molecule is CCCC1CCN(c2ccc(N/C=C3/C(=O)Nc4ccccc43)cc2F)CC1. The van der Waals surface area contributed by atoms with Crippen molar-refractivity contribution in [3.05, 3.63) is 60.0 Å². The highest BCUT2D eigenvalue weighted by molar-refractivity contribution is 6.31. The number of hydrogen-bond donors (Lipinski definition) is 2. The molecular formula is C23H26FN3O. The average Bonchev–Trinajstić information content (AvgIpc) is 3.02. The van der Waals surface area contributed by atoms with E-state index < -0.39 is 0 Å². The second-order valence-electron chi connectivity index (χ2n) is 7.59. The third-order valence-corrected chi connectivity index (χ3v) is 5.69. The van der Waals surface area contributed by atoms with Crippen LogP contribution in [0.2, 0.25) is 0 Å². The molecule has 2 aromatic rings. The topological polar surface area (TPSA) is 44.4 Å².